The van der Waals surface area contributed by atoms with Gasteiger partial charge in [-0.2, -0.15) is 0 Å². The Balaban J connectivity index is 1.46. The summed E-state index contributed by atoms with van der Waals surface area (Å²) in [6.07, 6.45) is 0.746. The van der Waals surface area contributed by atoms with E-state index in [0.29, 0.717) is 12.1 Å². The minimum absolute atomic E-state index is 0.00653. The lowest BCUT2D eigenvalue weighted by molar-refractivity contribution is 0.0985. The van der Waals surface area contributed by atoms with Crippen molar-refractivity contribution < 1.29 is 18.7 Å². The van der Waals surface area contributed by atoms with E-state index in [9.17, 15) is 18.7 Å². The van der Waals surface area contributed by atoms with E-state index in [2.05, 4.69) is 17.0 Å². The summed E-state index contributed by atoms with van der Waals surface area (Å²) in [5, 5.41) is 9.96. The molecule has 0 atom stereocenters. The summed E-state index contributed by atoms with van der Waals surface area (Å²) in [5.41, 5.74) is 4.55. The lowest BCUT2D eigenvalue weighted by Gasteiger charge is -2.30. The van der Waals surface area contributed by atoms with E-state index in [1.165, 1.54) is 11.6 Å². The number of nitrogens with zero attached hydrogens (tertiary/aromatic N) is 1. The molecular formula is C27H25F2NO2. The molecule has 1 heterocycles. The zero-order valence-corrected chi connectivity index (χ0v) is 17.7. The van der Waals surface area contributed by atoms with Gasteiger partial charge in [0.05, 0.1) is 12.2 Å². The average molecular weight is 433 g/mol. The predicted molar refractivity (Wildman–Crippen MR) is 121 cm³/mol. The van der Waals surface area contributed by atoms with Gasteiger partial charge in [-0.15, -0.1) is 0 Å². The van der Waals surface area contributed by atoms with Crippen LogP contribution in [0.4, 0.5) is 8.78 Å². The second kappa shape index (κ2) is 9.98. The van der Waals surface area contributed by atoms with Crippen molar-refractivity contribution >= 4 is 11.4 Å². The molecule has 4 rings (SSSR count). The molecule has 3 aromatic carbocycles. The van der Waals surface area contributed by atoms with Crippen molar-refractivity contribution in [1.82, 2.24) is 4.90 Å². The predicted octanol–water partition coefficient (Wildman–Crippen LogP) is 5.04. The number of ketones is 1. The number of aliphatic hydroxyl groups is 1. The van der Waals surface area contributed by atoms with Gasteiger partial charge < -0.3 is 5.11 Å². The third-order valence-electron chi connectivity index (χ3n) is 5.87. The third-order valence-corrected chi connectivity index (χ3v) is 5.87. The third kappa shape index (κ3) is 5.01. The second-order valence-corrected chi connectivity index (χ2v) is 8.08. The number of halogens is 2. The molecule has 164 valence electrons. The molecule has 3 nitrogen and oxygen atoms in total. The standard InChI is InChI=1S/C27H25F2NO2/c28-24-7-4-8-25(29)27(24)26(32)15-19-9-11-21(12-10-19)23-13-14-30(17-22(23)18-31)16-20-5-2-1-3-6-20/h1-12,31H,13-18H2. The van der Waals surface area contributed by atoms with Crippen LogP contribution in [0, 0.1) is 11.6 Å². The SMILES string of the molecule is O=C(Cc1ccc(C2=C(CO)CN(Cc3ccccc3)CC2)cc1)c1c(F)cccc1F. The normalized spacial score (nSPS) is 14.6. The first-order valence-corrected chi connectivity index (χ1v) is 10.7. The van der Waals surface area contributed by atoms with Crippen LogP contribution in [0.15, 0.2) is 78.4 Å². The Labute approximate surface area is 186 Å². The van der Waals surface area contributed by atoms with E-state index in [4.69, 9.17) is 0 Å². The number of hydrogen-bond acceptors (Lipinski definition) is 3. The quantitative estimate of drug-likeness (QED) is 0.531. The maximum Gasteiger partial charge on any atom is 0.173 e. The van der Waals surface area contributed by atoms with Crippen molar-refractivity contribution in [2.45, 2.75) is 19.4 Å². The monoisotopic (exact) mass is 433 g/mol. The summed E-state index contributed by atoms with van der Waals surface area (Å²) in [6.45, 7) is 2.42. The lowest BCUT2D eigenvalue weighted by Crippen LogP contribution is -2.32. The van der Waals surface area contributed by atoms with E-state index in [-0.39, 0.29) is 13.0 Å². The van der Waals surface area contributed by atoms with Crippen molar-refractivity contribution in [2.24, 2.45) is 0 Å². The van der Waals surface area contributed by atoms with Crippen LogP contribution in [-0.4, -0.2) is 35.5 Å². The van der Waals surface area contributed by atoms with Gasteiger partial charge in [0, 0.05) is 26.1 Å². The number of rotatable bonds is 7. The van der Waals surface area contributed by atoms with Crippen molar-refractivity contribution in [3.05, 3.63) is 112 Å². The summed E-state index contributed by atoms with van der Waals surface area (Å²) in [6, 6.07) is 21.1. The molecule has 0 radical (unpaired) electrons. The number of hydrogen-bond donors (Lipinski definition) is 1. The van der Waals surface area contributed by atoms with Gasteiger partial charge in [0.25, 0.3) is 0 Å². The molecule has 3 aromatic rings. The van der Waals surface area contributed by atoms with Crippen LogP contribution in [0.1, 0.15) is 33.5 Å². The topological polar surface area (TPSA) is 40.5 Å². The fourth-order valence-corrected chi connectivity index (χ4v) is 4.22. The van der Waals surface area contributed by atoms with Gasteiger partial charge in [0.15, 0.2) is 5.78 Å². The Kier molecular flexibility index (Phi) is 6.88. The molecule has 0 saturated heterocycles. The molecule has 0 amide bonds. The molecule has 5 heteroatoms. The molecular weight excluding hydrogens is 408 g/mol. The highest BCUT2D eigenvalue weighted by atomic mass is 19.1. The van der Waals surface area contributed by atoms with Crippen molar-refractivity contribution in [1.29, 1.82) is 0 Å². The maximum atomic E-state index is 13.9. The summed E-state index contributed by atoms with van der Waals surface area (Å²) in [5.74, 6) is -2.27. The van der Waals surface area contributed by atoms with E-state index in [1.807, 2.05) is 42.5 Å². The second-order valence-electron chi connectivity index (χ2n) is 8.08. The Morgan fingerprint density at radius 3 is 2.22 bits per heavy atom. The van der Waals surface area contributed by atoms with Gasteiger partial charge in [-0.25, -0.2) is 8.78 Å². The number of Topliss-reactive ketones (excluding diaryl/α,β-unsaturated/α-hetero) is 1. The maximum absolute atomic E-state index is 13.9. The molecule has 0 bridgehead atoms. The molecule has 0 aliphatic carbocycles. The van der Waals surface area contributed by atoms with Gasteiger partial charge in [0.2, 0.25) is 0 Å². The van der Waals surface area contributed by atoms with Gasteiger partial charge >= 0.3 is 0 Å². The van der Waals surface area contributed by atoms with E-state index in [0.717, 1.165) is 48.4 Å². The first kappa shape index (κ1) is 22.1. The van der Waals surface area contributed by atoms with Crippen LogP contribution in [-0.2, 0) is 13.0 Å². The first-order valence-electron chi connectivity index (χ1n) is 10.7. The van der Waals surface area contributed by atoms with Crippen LogP contribution < -0.4 is 0 Å². The van der Waals surface area contributed by atoms with Gasteiger partial charge in [-0.05, 0) is 46.4 Å². The lowest BCUT2D eigenvalue weighted by atomic mass is 9.92. The van der Waals surface area contributed by atoms with Crippen LogP contribution in [0.5, 0.6) is 0 Å². The molecule has 0 unspecified atom stereocenters. The minimum atomic E-state index is -0.841. The van der Waals surface area contributed by atoms with Gasteiger partial charge in [-0.3, -0.25) is 9.69 Å². The fourth-order valence-electron chi connectivity index (χ4n) is 4.22. The van der Waals surface area contributed by atoms with Crippen molar-refractivity contribution in [3.8, 4) is 0 Å². The number of carbonyl (C=O) groups is 1. The zero-order chi connectivity index (χ0) is 22.5. The fraction of sp³-hybridized carbons (Fsp3) is 0.222. The summed E-state index contributed by atoms with van der Waals surface area (Å²) >= 11 is 0. The highest BCUT2D eigenvalue weighted by Gasteiger charge is 2.21. The molecule has 32 heavy (non-hydrogen) atoms. The summed E-state index contributed by atoms with van der Waals surface area (Å²) in [4.78, 5) is 14.7. The highest BCUT2D eigenvalue weighted by molar-refractivity contribution is 5.98. The van der Waals surface area contributed by atoms with Gasteiger partial charge in [-0.1, -0.05) is 60.7 Å². The smallest absolute Gasteiger partial charge is 0.173 e. The van der Waals surface area contributed by atoms with Gasteiger partial charge in [0.1, 0.15) is 11.6 Å². The number of carbonyl (C=O) groups excluding carboxylic acids is 1. The molecule has 1 N–H and O–H groups in total. The van der Waals surface area contributed by atoms with Crippen LogP contribution in [0.25, 0.3) is 5.57 Å². The zero-order valence-electron chi connectivity index (χ0n) is 17.7. The molecule has 0 spiro atoms. The highest BCUT2D eigenvalue weighted by Crippen LogP contribution is 2.28. The molecule has 1 aliphatic rings. The number of benzene rings is 3. The van der Waals surface area contributed by atoms with Crippen molar-refractivity contribution in [2.75, 3.05) is 19.7 Å². The molecule has 0 fully saturated rings. The number of aliphatic hydroxyl groups excluding tert-OH is 1. The Morgan fingerprint density at radius 2 is 1.56 bits per heavy atom. The van der Waals surface area contributed by atoms with Crippen LogP contribution in [0.2, 0.25) is 0 Å². The summed E-state index contributed by atoms with van der Waals surface area (Å²) in [7, 11) is 0. The molecule has 1 aliphatic heterocycles. The molecule has 0 saturated carbocycles. The Morgan fingerprint density at radius 1 is 0.875 bits per heavy atom. The van der Waals surface area contributed by atoms with E-state index >= 15 is 0 Å². The Bertz CT molecular complexity index is 1100. The molecule has 0 aromatic heterocycles. The summed E-state index contributed by atoms with van der Waals surface area (Å²) < 4.78 is 27.7. The van der Waals surface area contributed by atoms with E-state index in [1.54, 1.807) is 0 Å². The Hall–Kier alpha value is -3.15. The van der Waals surface area contributed by atoms with Crippen LogP contribution >= 0.6 is 0 Å². The van der Waals surface area contributed by atoms with Crippen LogP contribution in [0.3, 0.4) is 0 Å². The van der Waals surface area contributed by atoms with Crippen molar-refractivity contribution in [3.63, 3.8) is 0 Å². The first-order chi connectivity index (χ1) is 15.5. The largest absolute Gasteiger partial charge is 0.392 e. The average Bonchev–Trinajstić information content (AvgIpc) is 2.80. The van der Waals surface area contributed by atoms with E-state index < -0.39 is 23.0 Å². The minimum Gasteiger partial charge on any atom is -0.392 e.